The summed E-state index contributed by atoms with van der Waals surface area (Å²) in [6.07, 6.45) is -0.812. The van der Waals surface area contributed by atoms with Crippen molar-refractivity contribution in [1.29, 1.82) is 0 Å². The van der Waals surface area contributed by atoms with Crippen LogP contribution in [0, 0.1) is 0 Å². The van der Waals surface area contributed by atoms with Crippen molar-refractivity contribution in [2.45, 2.75) is 12.8 Å². The summed E-state index contributed by atoms with van der Waals surface area (Å²) in [5, 5.41) is 4.03. The molecule has 4 rings (SSSR count). The molecule has 0 spiro atoms. The third-order valence-corrected chi connectivity index (χ3v) is 4.96. The van der Waals surface area contributed by atoms with E-state index < -0.39 is 11.9 Å². The van der Waals surface area contributed by atoms with Gasteiger partial charge in [-0.2, -0.15) is 18.3 Å². The summed E-state index contributed by atoms with van der Waals surface area (Å²) in [6.45, 7) is -0.159. The molecule has 30 heavy (non-hydrogen) atoms. The molecule has 0 radical (unpaired) electrons. The van der Waals surface area contributed by atoms with Crippen molar-refractivity contribution in [3.63, 3.8) is 0 Å². The lowest BCUT2D eigenvalue weighted by molar-refractivity contribution is -0.141. The van der Waals surface area contributed by atoms with Gasteiger partial charge in [0.1, 0.15) is 18.0 Å². The standard InChI is InChI=1S/C21H14Cl2F3N3O/c22-17-4-3-5-18(23)20(17)29-15(12-19(27-29)21(24,25)26)13-30-16-8-6-14(7-9-16)28-10-1-2-11-28/h1-12H,13H2. The van der Waals surface area contributed by atoms with Gasteiger partial charge in [-0.25, -0.2) is 4.68 Å². The van der Waals surface area contributed by atoms with E-state index in [2.05, 4.69) is 5.10 Å². The maximum absolute atomic E-state index is 13.3. The van der Waals surface area contributed by atoms with Crippen LogP contribution in [-0.2, 0) is 12.8 Å². The van der Waals surface area contributed by atoms with Gasteiger partial charge in [0, 0.05) is 18.1 Å². The van der Waals surface area contributed by atoms with Crippen LogP contribution in [0.15, 0.2) is 73.1 Å². The van der Waals surface area contributed by atoms with Crippen LogP contribution < -0.4 is 4.74 Å². The maximum Gasteiger partial charge on any atom is 0.435 e. The predicted molar refractivity (Wildman–Crippen MR) is 109 cm³/mol. The zero-order chi connectivity index (χ0) is 21.3. The van der Waals surface area contributed by atoms with Gasteiger partial charge in [-0.1, -0.05) is 29.3 Å². The number of ether oxygens (including phenoxy) is 1. The van der Waals surface area contributed by atoms with Crippen molar-refractivity contribution in [1.82, 2.24) is 14.3 Å². The molecule has 0 N–H and O–H groups in total. The monoisotopic (exact) mass is 451 g/mol. The third kappa shape index (κ3) is 4.17. The van der Waals surface area contributed by atoms with E-state index in [-0.39, 0.29) is 28.0 Å². The average Bonchev–Trinajstić information content (AvgIpc) is 3.37. The zero-order valence-corrected chi connectivity index (χ0v) is 16.8. The summed E-state index contributed by atoms with van der Waals surface area (Å²) in [7, 11) is 0. The van der Waals surface area contributed by atoms with Crippen molar-refractivity contribution in [3.8, 4) is 17.1 Å². The number of benzene rings is 2. The van der Waals surface area contributed by atoms with Crippen LogP contribution in [0.4, 0.5) is 13.2 Å². The molecule has 4 aromatic rings. The molecule has 0 aliphatic rings. The normalized spacial score (nSPS) is 11.6. The SMILES string of the molecule is FC(F)(F)c1cc(COc2ccc(-n3cccc3)cc2)n(-c2c(Cl)cccc2Cl)n1. The van der Waals surface area contributed by atoms with Crippen molar-refractivity contribution in [3.05, 3.63) is 94.5 Å². The van der Waals surface area contributed by atoms with Gasteiger partial charge in [0.2, 0.25) is 0 Å². The van der Waals surface area contributed by atoms with Crippen LogP contribution in [0.5, 0.6) is 5.75 Å². The van der Waals surface area contributed by atoms with Crippen LogP contribution in [0.25, 0.3) is 11.4 Å². The molecule has 0 unspecified atom stereocenters. The average molecular weight is 452 g/mol. The fraction of sp³-hybridized carbons (Fsp3) is 0.0952. The molecule has 2 aromatic carbocycles. The molecule has 0 saturated carbocycles. The molecule has 0 aliphatic carbocycles. The highest BCUT2D eigenvalue weighted by Crippen LogP contribution is 2.34. The lowest BCUT2D eigenvalue weighted by atomic mass is 10.3. The highest BCUT2D eigenvalue weighted by molar-refractivity contribution is 6.37. The molecule has 4 nitrogen and oxygen atoms in total. The number of nitrogens with zero attached hydrogens (tertiary/aromatic N) is 3. The largest absolute Gasteiger partial charge is 0.487 e. The summed E-state index contributed by atoms with van der Waals surface area (Å²) < 4.78 is 48.5. The molecule has 2 heterocycles. The minimum absolute atomic E-state index is 0.159. The summed E-state index contributed by atoms with van der Waals surface area (Å²) >= 11 is 12.3. The Morgan fingerprint density at radius 1 is 0.900 bits per heavy atom. The van der Waals surface area contributed by atoms with E-state index in [0.29, 0.717) is 5.75 Å². The summed E-state index contributed by atoms with van der Waals surface area (Å²) in [5.74, 6) is 0.498. The Morgan fingerprint density at radius 2 is 1.53 bits per heavy atom. The van der Waals surface area contributed by atoms with Gasteiger partial charge < -0.3 is 9.30 Å². The maximum atomic E-state index is 13.3. The number of rotatable bonds is 5. The van der Waals surface area contributed by atoms with E-state index in [1.54, 1.807) is 18.2 Å². The highest BCUT2D eigenvalue weighted by atomic mass is 35.5. The molecular weight excluding hydrogens is 438 g/mol. The number of hydrogen-bond acceptors (Lipinski definition) is 2. The van der Waals surface area contributed by atoms with Crippen molar-refractivity contribution in [2.24, 2.45) is 0 Å². The lowest BCUT2D eigenvalue weighted by Crippen LogP contribution is -2.09. The Balaban J connectivity index is 1.63. The predicted octanol–water partition coefficient (Wildman–Crippen LogP) is 6.57. The third-order valence-electron chi connectivity index (χ3n) is 4.35. The van der Waals surface area contributed by atoms with E-state index in [4.69, 9.17) is 27.9 Å². The van der Waals surface area contributed by atoms with Gasteiger partial charge in [-0.05, 0) is 54.6 Å². The molecule has 0 amide bonds. The Kier molecular flexibility index (Phi) is 5.49. The van der Waals surface area contributed by atoms with E-state index in [1.807, 2.05) is 41.2 Å². The minimum Gasteiger partial charge on any atom is -0.487 e. The van der Waals surface area contributed by atoms with Gasteiger partial charge in [-0.15, -0.1) is 0 Å². The lowest BCUT2D eigenvalue weighted by Gasteiger charge is -2.12. The summed E-state index contributed by atoms with van der Waals surface area (Å²) in [4.78, 5) is 0. The molecule has 0 aliphatic heterocycles. The van der Waals surface area contributed by atoms with Gasteiger partial charge in [0.25, 0.3) is 0 Å². The fourth-order valence-corrected chi connectivity index (χ4v) is 3.48. The molecule has 0 bridgehead atoms. The second-order valence-electron chi connectivity index (χ2n) is 6.37. The first-order valence-corrected chi connectivity index (χ1v) is 9.55. The van der Waals surface area contributed by atoms with Crippen LogP contribution in [0.3, 0.4) is 0 Å². The van der Waals surface area contributed by atoms with E-state index in [9.17, 15) is 13.2 Å². The Morgan fingerprint density at radius 3 is 2.13 bits per heavy atom. The smallest absolute Gasteiger partial charge is 0.435 e. The van der Waals surface area contributed by atoms with E-state index in [0.717, 1.165) is 16.4 Å². The molecule has 0 fully saturated rings. The molecule has 0 atom stereocenters. The summed E-state index contributed by atoms with van der Waals surface area (Å²) in [6, 6.07) is 16.6. The fourth-order valence-electron chi connectivity index (χ4n) is 2.92. The van der Waals surface area contributed by atoms with Crippen molar-refractivity contribution < 1.29 is 17.9 Å². The molecule has 154 valence electrons. The number of para-hydroxylation sites is 1. The quantitative estimate of drug-likeness (QED) is 0.343. The number of aromatic nitrogens is 3. The molecule has 9 heteroatoms. The van der Waals surface area contributed by atoms with Gasteiger partial charge in [0.15, 0.2) is 5.69 Å². The number of halogens is 5. The second-order valence-corrected chi connectivity index (χ2v) is 7.19. The van der Waals surface area contributed by atoms with Gasteiger partial charge in [0.05, 0.1) is 15.7 Å². The first-order chi connectivity index (χ1) is 14.3. The van der Waals surface area contributed by atoms with Crippen LogP contribution in [0.1, 0.15) is 11.4 Å². The Bertz CT molecular complexity index is 1130. The van der Waals surface area contributed by atoms with Crippen molar-refractivity contribution >= 4 is 23.2 Å². The molecule has 2 aromatic heterocycles. The topological polar surface area (TPSA) is 32.0 Å². The Hall–Kier alpha value is -2.90. The molecule has 0 saturated heterocycles. The van der Waals surface area contributed by atoms with E-state index >= 15 is 0 Å². The van der Waals surface area contributed by atoms with Crippen LogP contribution >= 0.6 is 23.2 Å². The first-order valence-electron chi connectivity index (χ1n) is 8.79. The van der Waals surface area contributed by atoms with Gasteiger partial charge >= 0.3 is 6.18 Å². The van der Waals surface area contributed by atoms with Gasteiger partial charge in [-0.3, -0.25) is 0 Å². The zero-order valence-electron chi connectivity index (χ0n) is 15.3. The number of hydrogen-bond donors (Lipinski definition) is 0. The number of alkyl halides is 3. The Labute approximate surface area is 180 Å². The van der Waals surface area contributed by atoms with E-state index in [1.165, 1.54) is 12.1 Å². The van der Waals surface area contributed by atoms with Crippen molar-refractivity contribution in [2.75, 3.05) is 0 Å². The minimum atomic E-state index is -4.62. The first kappa shape index (κ1) is 20.4. The second kappa shape index (κ2) is 8.08. The van der Waals surface area contributed by atoms with Crippen LogP contribution in [0.2, 0.25) is 10.0 Å². The summed E-state index contributed by atoms with van der Waals surface area (Å²) in [5.41, 5.74) is 0.198. The highest BCUT2D eigenvalue weighted by Gasteiger charge is 2.35. The molecular formula is C21H14Cl2F3N3O. The van der Waals surface area contributed by atoms with Crippen LogP contribution in [-0.4, -0.2) is 14.3 Å².